The number of amides is 1. The molecule has 3 aliphatic carbocycles. The van der Waals surface area contributed by atoms with Crippen molar-refractivity contribution in [2.75, 3.05) is 7.05 Å². The van der Waals surface area contributed by atoms with E-state index in [-0.39, 0.29) is 35.8 Å². The number of nitrogens with zero attached hydrogens (tertiary/aromatic N) is 2. The molecule has 3 saturated carbocycles. The first kappa shape index (κ1) is 18.8. The molecule has 4 bridgehead atoms. The number of piperidine rings is 2. The van der Waals surface area contributed by atoms with Gasteiger partial charge in [0.1, 0.15) is 7.05 Å². The van der Waals surface area contributed by atoms with E-state index in [0.717, 1.165) is 56.3 Å². The van der Waals surface area contributed by atoms with Crippen LogP contribution in [0.5, 0.6) is 5.75 Å². The van der Waals surface area contributed by atoms with E-state index in [1.807, 2.05) is 24.6 Å². The second kappa shape index (κ2) is 6.28. The van der Waals surface area contributed by atoms with E-state index in [2.05, 4.69) is 4.90 Å². The Labute approximate surface area is 176 Å². The van der Waals surface area contributed by atoms with Crippen LogP contribution in [0.2, 0.25) is 0 Å². The predicted molar refractivity (Wildman–Crippen MR) is 110 cm³/mol. The number of ether oxygens (including phenoxy) is 1. The third-order valence-corrected chi connectivity index (χ3v) is 8.01. The molecule has 1 N–H and O–H groups in total. The molecular weight excluding hydrogens is 383 g/mol. The van der Waals surface area contributed by atoms with Crippen molar-refractivity contribution in [3.8, 4) is 5.75 Å². The topological polar surface area (TPSA) is 52.8 Å². The van der Waals surface area contributed by atoms with E-state index in [1.54, 1.807) is 6.07 Å². The first-order valence-corrected chi connectivity index (χ1v) is 11.5. The van der Waals surface area contributed by atoms with Crippen LogP contribution in [0.1, 0.15) is 63.9 Å². The molecule has 1 amide bonds. The summed E-state index contributed by atoms with van der Waals surface area (Å²) >= 11 is 0. The number of aliphatic hydroxyl groups is 1. The van der Waals surface area contributed by atoms with E-state index in [0.29, 0.717) is 23.7 Å². The van der Waals surface area contributed by atoms with Gasteiger partial charge in [-0.2, -0.15) is 4.58 Å². The Morgan fingerprint density at radius 2 is 2.00 bits per heavy atom. The van der Waals surface area contributed by atoms with E-state index in [4.69, 9.17) is 4.74 Å². The van der Waals surface area contributed by atoms with Crippen LogP contribution in [0, 0.1) is 17.7 Å². The molecule has 5 fully saturated rings. The lowest BCUT2D eigenvalue weighted by atomic mass is 9.61. The van der Waals surface area contributed by atoms with E-state index < -0.39 is 5.60 Å². The summed E-state index contributed by atoms with van der Waals surface area (Å²) in [7, 11) is 1.94. The first-order valence-electron chi connectivity index (χ1n) is 11.5. The molecule has 0 radical (unpaired) electrons. The summed E-state index contributed by atoms with van der Waals surface area (Å²) in [6, 6.07) is 3.98. The summed E-state index contributed by atoms with van der Waals surface area (Å²) in [6.45, 7) is 2.02. The zero-order valence-electron chi connectivity index (χ0n) is 17.7. The minimum atomic E-state index is -0.554. The molecule has 1 aromatic carbocycles. The molecule has 3 heterocycles. The molecule has 1 aromatic rings. The van der Waals surface area contributed by atoms with Gasteiger partial charge in [-0.3, -0.25) is 4.79 Å². The number of hydrogen-bond donors (Lipinski definition) is 1. The van der Waals surface area contributed by atoms with Gasteiger partial charge in [-0.1, -0.05) is 6.92 Å². The third kappa shape index (κ3) is 2.75. The van der Waals surface area contributed by atoms with Crippen molar-refractivity contribution in [1.82, 2.24) is 4.90 Å². The number of hydrogen-bond acceptors (Lipinski definition) is 3. The fourth-order valence-electron chi connectivity index (χ4n) is 6.80. The molecule has 30 heavy (non-hydrogen) atoms. The Kier molecular flexibility index (Phi) is 3.94. The van der Waals surface area contributed by atoms with Gasteiger partial charge in [-0.05, 0) is 56.9 Å². The Morgan fingerprint density at radius 3 is 2.63 bits per heavy atom. The Bertz CT molecular complexity index is 953. The molecular formula is C24H30FN2O3+. The normalized spacial score (nSPS) is 34.7. The largest absolute Gasteiger partial charge is 0.487 e. The maximum atomic E-state index is 15.2. The fourth-order valence-corrected chi connectivity index (χ4v) is 6.80. The minimum absolute atomic E-state index is 0.0686. The van der Waals surface area contributed by atoms with Gasteiger partial charge < -0.3 is 14.7 Å². The van der Waals surface area contributed by atoms with Crippen LogP contribution in [-0.2, 0) is 4.79 Å². The lowest BCUT2D eigenvalue weighted by Crippen LogP contribution is -2.65. The highest BCUT2D eigenvalue weighted by Gasteiger charge is 2.55. The van der Waals surface area contributed by atoms with Gasteiger partial charge in [-0.25, -0.2) is 4.39 Å². The van der Waals surface area contributed by atoms with Crippen LogP contribution in [0.25, 0.3) is 0 Å². The van der Waals surface area contributed by atoms with Crippen LogP contribution in [-0.4, -0.2) is 57.0 Å². The maximum absolute atomic E-state index is 15.2. The molecule has 6 heteroatoms. The minimum Gasteiger partial charge on any atom is -0.487 e. The van der Waals surface area contributed by atoms with Gasteiger partial charge in [-0.15, -0.1) is 0 Å². The van der Waals surface area contributed by atoms with Crippen molar-refractivity contribution in [2.45, 2.75) is 82.1 Å². The average Bonchev–Trinajstić information content (AvgIpc) is 3.46. The predicted octanol–water partition coefficient (Wildman–Crippen LogP) is 3.37. The van der Waals surface area contributed by atoms with Crippen LogP contribution in [0.4, 0.5) is 10.1 Å². The highest BCUT2D eigenvalue weighted by Crippen LogP contribution is 2.51. The number of carbonyl (C=O) groups is 1. The molecule has 0 spiro atoms. The summed E-state index contributed by atoms with van der Waals surface area (Å²) in [4.78, 5) is 15.4. The lowest BCUT2D eigenvalue weighted by molar-refractivity contribution is -0.421. The number of benzene rings is 1. The summed E-state index contributed by atoms with van der Waals surface area (Å²) in [5.41, 5.74) is 1.81. The van der Waals surface area contributed by atoms with E-state index in [9.17, 15) is 9.90 Å². The lowest BCUT2D eigenvalue weighted by Gasteiger charge is -2.59. The summed E-state index contributed by atoms with van der Waals surface area (Å²) < 4.78 is 22.9. The Balaban J connectivity index is 1.20. The average molecular weight is 414 g/mol. The molecule has 2 saturated heterocycles. The van der Waals surface area contributed by atoms with Crippen LogP contribution < -0.4 is 4.74 Å². The van der Waals surface area contributed by atoms with Gasteiger partial charge in [0, 0.05) is 24.6 Å². The van der Waals surface area contributed by atoms with E-state index >= 15 is 4.39 Å². The van der Waals surface area contributed by atoms with Crippen LogP contribution >= 0.6 is 0 Å². The summed E-state index contributed by atoms with van der Waals surface area (Å²) in [6.07, 6.45) is 6.90. The molecule has 3 atom stereocenters. The van der Waals surface area contributed by atoms with Crippen molar-refractivity contribution < 1.29 is 23.6 Å². The maximum Gasteiger partial charge on any atom is 0.223 e. The number of carbonyl (C=O) groups excluding carboxylic acids is 1. The molecule has 3 aliphatic heterocycles. The quantitative estimate of drug-likeness (QED) is 0.753. The summed E-state index contributed by atoms with van der Waals surface area (Å²) in [5.74, 6) is 0.690. The van der Waals surface area contributed by atoms with Gasteiger partial charge in [0.15, 0.2) is 17.1 Å². The number of halogens is 1. The number of fused-ring (bicyclic) bond motifs is 1. The molecule has 7 rings (SSSR count). The molecule has 6 aliphatic rings. The Hall–Kier alpha value is -1.95. The van der Waals surface area contributed by atoms with E-state index in [1.165, 1.54) is 0 Å². The second-order valence-electron chi connectivity index (χ2n) is 10.4. The molecule has 0 aromatic heterocycles. The van der Waals surface area contributed by atoms with Crippen molar-refractivity contribution >= 4 is 17.3 Å². The molecule has 3 unspecified atom stereocenters. The number of rotatable bonds is 5. The molecule has 5 nitrogen and oxygen atoms in total. The van der Waals surface area contributed by atoms with Crippen molar-refractivity contribution in [3.05, 3.63) is 23.5 Å². The Morgan fingerprint density at radius 1 is 1.30 bits per heavy atom. The zero-order valence-corrected chi connectivity index (χ0v) is 17.7. The SMILES string of the molecule is CC(CC(=O)N1C2CC3CC1CC(O)(C3)C2)C1=[N+](C)c2ccc(OC3CC3)c(F)c21. The van der Waals surface area contributed by atoms with Gasteiger partial charge in [0.2, 0.25) is 17.3 Å². The highest BCUT2D eigenvalue weighted by molar-refractivity contribution is 6.08. The second-order valence-corrected chi connectivity index (χ2v) is 10.4. The van der Waals surface area contributed by atoms with Gasteiger partial charge >= 0.3 is 0 Å². The zero-order chi connectivity index (χ0) is 20.8. The third-order valence-electron chi connectivity index (χ3n) is 8.01. The van der Waals surface area contributed by atoms with Crippen molar-refractivity contribution in [1.29, 1.82) is 0 Å². The van der Waals surface area contributed by atoms with Crippen molar-refractivity contribution in [2.24, 2.45) is 11.8 Å². The first-order chi connectivity index (χ1) is 14.3. The monoisotopic (exact) mass is 413 g/mol. The van der Waals surface area contributed by atoms with Crippen molar-refractivity contribution in [3.63, 3.8) is 0 Å². The summed E-state index contributed by atoms with van der Waals surface area (Å²) in [5, 5.41) is 10.8. The van der Waals surface area contributed by atoms with Gasteiger partial charge in [0.05, 0.1) is 17.6 Å². The molecule has 160 valence electrons. The van der Waals surface area contributed by atoms with Crippen LogP contribution in [0.3, 0.4) is 0 Å². The van der Waals surface area contributed by atoms with Crippen LogP contribution in [0.15, 0.2) is 12.1 Å². The fraction of sp³-hybridized carbons (Fsp3) is 0.667. The highest BCUT2D eigenvalue weighted by atomic mass is 19.1. The van der Waals surface area contributed by atoms with Gasteiger partial charge in [0.25, 0.3) is 0 Å². The smallest absolute Gasteiger partial charge is 0.223 e. The standard InChI is InChI=1S/C24H30FN2O3/c1-13(7-20(28)27-15-8-14-9-16(27)12-24(29,10-14)11-15)23-21-18(26(23)2)5-6-19(22(21)25)30-17-3-4-17/h5-6,13-17,29H,3-4,7-12H2,1-2H3/q+1.